The van der Waals surface area contributed by atoms with Crippen molar-refractivity contribution in [1.82, 2.24) is 20.2 Å². The van der Waals surface area contributed by atoms with E-state index in [2.05, 4.69) is 36.7 Å². The van der Waals surface area contributed by atoms with Gasteiger partial charge in [-0.3, -0.25) is 4.99 Å². The van der Waals surface area contributed by atoms with Gasteiger partial charge in [-0.25, -0.2) is 9.97 Å². The number of nitrogens with zero attached hydrogens (tertiary/aromatic N) is 5. The maximum Gasteiger partial charge on any atom is 0.225 e. The number of rotatable bonds is 3. The molecule has 2 rings (SSSR count). The average molecular weight is 260 g/mol. The molecule has 1 aliphatic heterocycles. The highest BCUT2D eigenvalue weighted by Crippen LogP contribution is 2.09. The van der Waals surface area contributed by atoms with Crippen LogP contribution in [-0.2, 0) is 0 Å². The van der Waals surface area contributed by atoms with E-state index >= 15 is 0 Å². The molecule has 1 aliphatic rings. The van der Waals surface area contributed by atoms with Crippen molar-refractivity contribution in [2.45, 2.75) is 0 Å². The first-order valence-corrected chi connectivity index (χ1v) is 6.43. The van der Waals surface area contributed by atoms with Gasteiger partial charge in [0, 0.05) is 52.2 Å². The molecule has 0 atom stereocenters. The second-order valence-electron chi connectivity index (χ2n) is 4.24. The standard InChI is InChI=1S/C13H20N6/c1-3-5-15-12(14-2)18-8-10-19(11-9-18)13-16-6-4-7-17-13/h3-4,6-7H,1,5,8-11H2,2H3,(H,14,15). The van der Waals surface area contributed by atoms with Gasteiger partial charge in [-0.05, 0) is 6.07 Å². The fourth-order valence-corrected chi connectivity index (χ4v) is 2.07. The van der Waals surface area contributed by atoms with E-state index in [4.69, 9.17) is 0 Å². The lowest BCUT2D eigenvalue weighted by molar-refractivity contribution is 0.372. The monoisotopic (exact) mass is 260 g/mol. The summed E-state index contributed by atoms with van der Waals surface area (Å²) >= 11 is 0. The van der Waals surface area contributed by atoms with Crippen LogP contribution in [-0.4, -0.2) is 60.6 Å². The molecule has 19 heavy (non-hydrogen) atoms. The highest BCUT2D eigenvalue weighted by atomic mass is 15.4. The van der Waals surface area contributed by atoms with Crippen LogP contribution in [0.25, 0.3) is 0 Å². The summed E-state index contributed by atoms with van der Waals surface area (Å²) in [5, 5.41) is 3.25. The van der Waals surface area contributed by atoms with Gasteiger partial charge >= 0.3 is 0 Å². The predicted molar refractivity (Wildman–Crippen MR) is 77.4 cm³/mol. The summed E-state index contributed by atoms with van der Waals surface area (Å²) in [6, 6.07) is 1.83. The zero-order chi connectivity index (χ0) is 13.5. The Morgan fingerprint density at radius 1 is 1.37 bits per heavy atom. The largest absolute Gasteiger partial charge is 0.353 e. The number of guanidine groups is 1. The minimum absolute atomic E-state index is 0.731. The molecule has 1 fully saturated rings. The third-order valence-corrected chi connectivity index (χ3v) is 3.03. The molecule has 0 radical (unpaired) electrons. The Morgan fingerprint density at radius 3 is 2.63 bits per heavy atom. The third kappa shape index (κ3) is 3.43. The first-order chi connectivity index (χ1) is 9.35. The minimum Gasteiger partial charge on any atom is -0.353 e. The molecule has 6 heteroatoms. The van der Waals surface area contributed by atoms with Gasteiger partial charge < -0.3 is 15.1 Å². The molecule has 1 N–H and O–H groups in total. The van der Waals surface area contributed by atoms with Crippen LogP contribution in [0.3, 0.4) is 0 Å². The Labute approximate surface area is 113 Å². The van der Waals surface area contributed by atoms with E-state index in [0.29, 0.717) is 0 Å². The summed E-state index contributed by atoms with van der Waals surface area (Å²) in [6.45, 7) is 8.06. The number of nitrogens with one attached hydrogen (secondary N) is 1. The summed E-state index contributed by atoms with van der Waals surface area (Å²) in [5.74, 6) is 1.73. The van der Waals surface area contributed by atoms with Crippen molar-refractivity contribution in [3.8, 4) is 0 Å². The molecule has 0 spiro atoms. The quantitative estimate of drug-likeness (QED) is 0.483. The van der Waals surface area contributed by atoms with Gasteiger partial charge in [0.1, 0.15) is 0 Å². The first kappa shape index (κ1) is 13.3. The second kappa shape index (κ2) is 6.72. The molecule has 1 aromatic heterocycles. The van der Waals surface area contributed by atoms with Crippen LogP contribution in [0.2, 0.25) is 0 Å². The fourth-order valence-electron chi connectivity index (χ4n) is 2.07. The molecule has 0 saturated carbocycles. The predicted octanol–water partition coefficient (Wildman–Crippen LogP) is 0.360. The number of hydrogen-bond acceptors (Lipinski definition) is 4. The van der Waals surface area contributed by atoms with Crippen LogP contribution >= 0.6 is 0 Å². The molecule has 1 saturated heterocycles. The van der Waals surface area contributed by atoms with Gasteiger partial charge in [-0.1, -0.05) is 6.08 Å². The second-order valence-corrected chi connectivity index (χ2v) is 4.24. The van der Waals surface area contributed by atoms with E-state index in [1.807, 2.05) is 12.1 Å². The van der Waals surface area contributed by atoms with Crippen molar-refractivity contribution in [2.75, 3.05) is 44.7 Å². The van der Waals surface area contributed by atoms with E-state index in [1.54, 1.807) is 19.4 Å². The first-order valence-electron chi connectivity index (χ1n) is 6.43. The molecule has 1 aromatic rings. The van der Waals surface area contributed by atoms with Gasteiger partial charge in [-0.2, -0.15) is 0 Å². The summed E-state index contributed by atoms with van der Waals surface area (Å²) in [7, 11) is 1.80. The Hall–Kier alpha value is -2.11. The van der Waals surface area contributed by atoms with Crippen LogP contribution in [0.1, 0.15) is 0 Å². The highest BCUT2D eigenvalue weighted by Gasteiger charge is 2.20. The smallest absolute Gasteiger partial charge is 0.225 e. The van der Waals surface area contributed by atoms with Gasteiger partial charge in [-0.15, -0.1) is 6.58 Å². The lowest BCUT2D eigenvalue weighted by Gasteiger charge is -2.36. The molecule has 102 valence electrons. The highest BCUT2D eigenvalue weighted by molar-refractivity contribution is 5.80. The summed E-state index contributed by atoms with van der Waals surface area (Å²) in [6.07, 6.45) is 5.39. The van der Waals surface area contributed by atoms with Crippen molar-refractivity contribution in [3.05, 3.63) is 31.1 Å². The number of aromatic nitrogens is 2. The maximum absolute atomic E-state index is 4.28. The van der Waals surface area contributed by atoms with Gasteiger partial charge in [0.25, 0.3) is 0 Å². The Kier molecular flexibility index (Phi) is 4.72. The zero-order valence-corrected chi connectivity index (χ0v) is 11.3. The Bertz CT molecular complexity index is 422. The lowest BCUT2D eigenvalue weighted by atomic mass is 10.3. The molecular weight excluding hydrogens is 240 g/mol. The number of hydrogen-bond donors (Lipinski definition) is 1. The Balaban J connectivity index is 1.90. The number of anilines is 1. The van der Waals surface area contributed by atoms with Crippen molar-refractivity contribution in [2.24, 2.45) is 4.99 Å². The van der Waals surface area contributed by atoms with E-state index in [9.17, 15) is 0 Å². The normalized spacial score (nSPS) is 16.4. The van der Waals surface area contributed by atoms with Crippen LogP contribution in [0, 0.1) is 0 Å². The minimum atomic E-state index is 0.731. The summed E-state index contributed by atoms with van der Waals surface area (Å²) in [4.78, 5) is 17.3. The van der Waals surface area contributed by atoms with Crippen molar-refractivity contribution < 1.29 is 0 Å². The molecule has 2 heterocycles. The lowest BCUT2D eigenvalue weighted by Crippen LogP contribution is -2.52. The van der Waals surface area contributed by atoms with Gasteiger partial charge in [0.2, 0.25) is 5.95 Å². The molecule has 0 bridgehead atoms. The molecule has 0 aliphatic carbocycles. The van der Waals surface area contributed by atoms with Crippen molar-refractivity contribution in [3.63, 3.8) is 0 Å². The van der Waals surface area contributed by atoms with Crippen LogP contribution < -0.4 is 10.2 Å². The molecule has 0 unspecified atom stereocenters. The van der Waals surface area contributed by atoms with E-state index < -0.39 is 0 Å². The topological polar surface area (TPSA) is 56.7 Å². The molecular formula is C13H20N6. The van der Waals surface area contributed by atoms with E-state index in [0.717, 1.165) is 44.6 Å². The zero-order valence-electron chi connectivity index (χ0n) is 11.3. The fraction of sp³-hybridized carbons (Fsp3) is 0.462. The SMILES string of the molecule is C=CCNC(=NC)N1CCN(c2ncccn2)CC1. The van der Waals surface area contributed by atoms with Gasteiger partial charge in [0.05, 0.1) is 0 Å². The average Bonchev–Trinajstić information content (AvgIpc) is 2.49. The van der Waals surface area contributed by atoms with Crippen molar-refractivity contribution in [1.29, 1.82) is 0 Å². The molecule has 6 nitrogen and oxygen atoms in total. The maximum atomic E-state index is 4.28. The summed E-state index contributed by atoms with van der Waals surface area (Å²) < 4.78 is 0. The van der Waals surface area contributed by atoms with Gasteiger partial charge in [0.15, 0.2) is 5.96 Å². The molecule has 0 amide bonds. The molecule has 0 aromatic carbocycles. The van der Waals surface area contributed by atoms with Crippen LogP contribution in [0.15, 0.2) is 36.1 Å². The third-order valence-electron chi connectivity index (χ3n) is 3.03. The number of piperazine rings is 1. The van der Waals surface area contributed by atoms with E-state index in [1.165, 1.54) is 0 Å². The summed E-state index contributed by atoms with van der Waals surface area (Å²) in [5.41, 5.74) is 0. The Morgan fingerprint density at radius 2 is 2.05 bits per heavy atom. The van der Waals surface area contributed by atoms with Crippen LogP contribution in [0.5, 0.6) is 0 Å². The number of aliphatic imine (C=N–C) groups is 1. The van der Waals surface area contributed by atoms with E-state index in [-0.39, 0.29) is 0 Å². The van der Waals surface area contributed by atoms with Crippen molar-refractivity contribution >= 4 is 11.9 Å². The van der Waals surface area contributed by atoms with Crippen LogP contribution in [0.4, 0.5) is 5.95 Å².